The standard InChI is InChI=1S/C15H18N2O4S/c1-3-12(13-5-4-8-21-13)11-7-6-10(2)14(9-11)22(19,20)17-15(16)18/h4-9,12H,3H2,1-2H3,(H3,16,17,18). The van der Waals surface area contributed by atoms with E-state index in [0.717, 1.165) is 17.7 Å². The number of benzene rings is 1. The summed E-state index contributed by atoms with van der Waals surface area (Å²) < 4.78 is 31.6. The maximum Gasteiger partial charge on any atom is 0.326 e. The molecule has 1 unspecified atom stereocenters. The van der Waals surface area contributed by atoms with E-state index in [-0.39, 0.29) is 10.8 Å². The van der Waals surface area contributed by atoms with Crippen LogP contribution < -0.4 is 10.5 Å². The van der Waals surface area contributed by atoms with Gasteiger partial charge in [-0.15, -0.1) is 0 Å². The first kappa shape index (κ1) is 16.1. The van der Waals surface area contributed by atoms with E-state index in [9.17, 15) is 13.2 Å². The third-order valence-electron chi connectivity index (χ3n) is 3.43. The zero-order valence-corrected chi connectivity index (χ0v) is 13.2. The van der Waals surface area contributed by atoms with Crippen LogP contribution in [0.25, 0.3) is 0 Å². The van der Waals surface area contributed by atoms with E-state index in [1.54, 1.807) is 36.1 Å². The quantitative estimate of drug-likeness (QED) is 0.882. The van der Waals surface area contributed by atoms with Crippen molar-refractivity contribution in [1.29, 1.82) is 0 Å². The third-order valence-corrected chi connectivity index (χ3v) is 4.92. The fourth-order valence-corrected chi connectivity index (χ4v) is 3.56. The van der Waals surface area contributed by atoms with Gasteiger partial charge in [-0.2, -0.15) is 0 Å². The van der Waals surface area contributed by atoms with Gasteiger partial charge in [-0.3, -0.25) is 0 Å². The molecule has 0 aliphatic carbocycles. The Balaban J connectivity index is 2.49. The molecule has 1 heterocycles. The normalized spacial score (nSPS) is 12.8. The predicted molar refractivity (Wildman–Crippen MR) is 81.9 cm³/mol. The van der Waals surface area contributed by atoms with E-state index in [0.29, 0.717) is 5.56 Å². The largest absolute Gasteiger partial charge is 0.469 e. The Labute approximate surface area is 129 Å². The lowest BCUT2D eigenvalue weighted by Crippen LogP contribution is -2.35. The fourth-order valence-electron chi connectivity index (χ4n) is 2.40. The van der Waals surface area contributed by atoms with Gasteiger partial charge < -0.3 is 10.2 Å². The Morgan fingerprint density at radius 2 is 2.09 bits per heavy atom. The first-order chi connectivity index (χ1) is 10.3. The molecule has 2 aromatic rings. The maximum atomic E-state index is 12.2. The Bertz CT molecular complexity index is 767. The van der Waals surface area contributed by atoms with Gasteiger partial charge in [0.25, 0.3) is 10.0 Å². The molecule has 0 bridgehead atoms. The van der Waals surface area contributed by atoms with Gasteiger partial charge in [-0.05, 0) is 42.7 Å². The lowest BCUT2D eigenvalue weighted by Gasteiger charge is -2.15. The Kier molecular flexibility index (Phi) is 4.56. The summed E-state index contributed by atoms with van der Waals surface area (Å²) in [4.78, 5) is 10.9. The van der Waals surface area contributed by atoms with Crippen molar-refractivity contribution in [2.45, 2.75) is 31.1 Å². The average Bonchev–Trinajstić information content (AvgIpc) is 2.93. The lowest BCUT2D eigenvalue weighted by molar-refractivity contribution is 0.253. The molecule has 0 spiro atoms. The van der Waals surface area contributed by atoms with Crippen LogP contribution >= 0.6 is 0 Å². The summed E-state index contributed by atoms with van der Waals surface area (Å²) in [5, 5.41) is 0. The van der Waals surface area contributed by atoms with Gasteiger partial charge in [0.2, 0.25) is 0 Å². The Hall–Kier alpha value is -2.28. The SMILES string of the molecule is CCC(c1ccc(C)c(S(=O)(=O)NC(N)=O)c1)c1ccco1. The number of urea groups is 1. The van der Waals surface area contributed by atoms with Crippen molar-refractivity contribution >= 4 is 16.1 Å². The number of primary amides is 1. The van der Waals surface area contributed by atoms with E-state index >= 15 is 0 Å². The van der Waals surface area contributed by atoms with Crippen LogP contribution in [-0.4, -0.2) is 14.4 Å². The monoisotopic (exact) mass is 322 g/mol. The van der Waals surface area contributed by atoms with E-state index in [1.165, 1.54) is 0 Å². The van der Waals surface area contributed by atoms with E-state index in [4.69, 9.17) is 10.2 Å². The number of furan rings is 1. The van der Waals surface area contributed by atoms with Crippen LogP contribution in [0.4, 0.5) is 4.79 Å². The molecule has 2 amide bonds. The Morgan fingerprint density at radius 1 is 1.36 bits per heavy atom. The van der Waals surface area contributed by atoms with Crippen molar-refractivity contribution in [3.8, 4) is 0 Å². The molecule has 0 saturated heterocycles. The second-order valence-corrected chi connectivity index (χ2v) is 6.62. The number of nitrogens with two attached hydrogens (primary N) is 1. The van der Waals surface area contributed by atoms with Gasteiger partial charge in [0.05, 0.1) is 11.2 Å². The van der Waals surface area contributed by atoms with Crippen molar-refractivity contribution in [2.24, 2.45) is 5.73 Å². The fraction of sp³-hybridized carbons (Fsp3) is 0.267. The van der Waals surface area contributed by atoms with Crippen molar-refractivity contribution < 1.29 is 17.6 Å². The first-order valence-electron chi connectivity index (χ1n) is 6.81. The van der Waals surface area contributed by atoms with Gasteiger partial charge in [-0.25, -0.2) is 17.9 Å². The van der Waals surface area contributed by atoms with Gasteiger partial charge in [0.1, 0.15) is 5.76 Å². The summed E-state index contributed by atoms with van der Waals surface area (Å²) >= 11 is 0. The van der Waals surface area contributed by atoms with E-state index < -0.39 is 16.1 Å². The van der Waals surface area contributed by atoms with E-state index in [1.807, 2.05) is 19.1 Å². The number of carbonyl (C=O) groups excluding carboxylic acids is 1. The van der Waals surface area contributed by atoms with Crippen LogP contribution in [0, 0.1) is 6.92 Å². The molecule has 22 heavy (non-hydrogen) atoms. The van der Waals surface area contributed by atoms with Crippen LogP contribution in [0.5, 0.6) is 0 Å². The summed E-state index contributed by atoms with van der Waals surface area (Å²) in [6, 6.07) is 7.65. The summed E-state index contributed by atoms with van der Waals surface area (Å²) in [6.07, 6.45) is 2.33. The van der Waals surface area contributed by atoms with Crippen LogP contribution in [0.2, 0.25) is 0 Å². The molecule has 1 aromatic carbocycles. The highest BCUT2D eigenvalue weighted by Crippen LogP contribution is 2.30. The molecule has 0 fully saturated rings. The second-order valence-electron chi connectivity index (χ2n) is 4.97. The predicted octanol–water partition coefficient (Wildman–Crippen LogP) is 2.49. The van der Waals surface area contributed by atoms with Crippen molar-refractivity contribution in [3.63, 3.8) is 0 Å². The van der Waals surface area contributed by atoms with Crippen molar-refractivity contribution in [2.75, 3.05) is 0 Å². The molecule has 1 aromatic heterocycles. The molecule has 0 aliphatic heterocycles. The summed E-state index contributed by atoms with van der Waals surface area (Å²) in [5.41, 5.74) is 6.26. The first-order valence-corrected chi connectivity index (χ1v) is 8.29. The van der Waals surface area contributed by atoms with Crippen LogP contribution in [0.1, 0.15) is 36.1 Å². The molecule has 7 heteroatoms. The molecule has 3 N–H and O–H groups in total. The maximum absolute atomic E-state index is 12.2. The highest BCUT2D eigenvalue weighted by molar-refractivity contribution is 7.90. The molecule has 2 rings (SSSR count). The zero-order valence-electron chi connectivity index (χ0n) is 12.4. The van der Waals surface area contributed by atoms with Crippen molar-refractivity contribution in [3.05, 3.63) is 53.5 Å². The van der Waals surface area contributed by atoms with Gasteiger partial charge >= 0.3 is 6.03 Å². The molecule has 0 aliphatic rings. The second kappa shape index (κ2) is 6.23. The van der Waals surface area contributed by atoms with Crippen molar-refractivity contribution in [1.82, 2.24) is 4.72 Å². The summed E-state index contributed by atoms with van der Waals surface area (Å²) in [7, 11) is -3.98. The minimum Gasteiger partial charge on any atom is -0.469 e. The number of carbonyl (C=O) groups is 1. The number of nitrogens with one attached hydrogen (secondary N) is 1. The number of amides is 2. The van der Waals surface area contributed by atoms with Gasteiger partial charge in [0.15, 0.2) is 0 Å². The molecule has 0 saturated carbocycles. The number of hydrogen-bond acceptors (Lipinski definition) is 4. The smallest absolute Gasteiger partial charge is 0.326 e. The topological polar surface area (TPSA) is 102 Å². The molecular weight excluding hydrogens is 304 g/mol. The van der Waals surface area contributed by atoms with Crippen LogP contribution in [-0.2, 0) is 10.0 Å². The zero-order chi connectivity index (χ0) is 16.3. The number of rotatable bonds is 5. The summed E-state index contributed by atoms with van der Waals surface area (Å²) in [5.74, 6) is 0.704. The molecule has 118 valence electrons. The Morgan fingerprint density at radius 3 is 2.64 bits per heavy atom. The molecule has 1 atom stereocenters. The molecular formula is C15H18N2O4S. The summed E-state index contributed by atoms with van der Waals surface area (Å²) in [6.45, 7) is 3.65. The molecule has 6 nitrogen and oxygen atoms in total. The molecule has 0 radical (unpaired) electrons. The number of sulfonamides is 1. The van der Waals surface area contributed by atoms with Gasteiger partial charge in [-0.1, -0.05) is 19.1 Å². The minimum atomic E-state index is -3.98. The number of hydrogen-bond donors (Lipinski definition) is 2. The minimum absolute atomic E-state index is 0.0359. The highest BCUT2D eigenvalue weighted by Gasteiger charge is 2.22. The van der Waals surface area contributed by atoms with E-state index in [2.05, 4.69) is 0 Å². The highest BCUT2D eigenvalue weighted by atomic mass is 32.2. The van der Waals surface area contributed by atoms with Crippen LogP contribution in [0.15, 0.2) is 45.9 Å². The average molecular weight is 322 g/mol. The lowest BCUT2D eigenvalue weighted by atomic mass is 9.93. The number of aryl methyl sites for hydroxylation is 1. The van der Waals surface area contributed by atoms with Crippen LogP contribution in [0.3, 0.4) is 0 Å². The third kappa shape index (κ3) is 3.30. The van der Waals surface area contributed by atoms with Gasteiger partial charge in [0, 0.05) is 5.92 Å².